The van der Waals surface area contributed by atoms with Crippen molar-refractivity contribution in [2.45, 2.75) is 44.4 Å². The van der Waals surface area contributed by atoms with Crippen molar-refractivity contribution >= 4 is 5.69 Å². The average Bonchev–Trinajstić information content (AvgIpc) is 2.57. The average molecular weight is 219 g/mol. The van der Waals surface area contributed by atoms with Crippen LogP contribution in [0.5, 0.6) is 0 Å². The number of nitro benzene ring substituents is 1. The fourth-order valence-electron chi connectivity index (χ4n) is 2.48. The zero-order valence-electron chi connectivity index (χ0n) is 9.39. The SMILES string of the molecule is O=[N+]([O-])c1ccc(C2CCCCCC2)cc1. The lowest BCUT2D eigenvalue weighted by Crippen LogP contribution is -1.97. The van der Waals surface area contributed by atoms with Crippen molar-refractivity contribution in [3.63, 3.8) is 0 Å². The number of non-ortho nitro benzene ring substituents is 1. The van der Waals surface area contributed by atoms with Crippen LogP contribution < -0.4 is 0 Å². The summed E-state index contributed by atoms with van der Waals surface area (Å²) in [6.07, 6.45) is 7.73. The number of benzene rings is 1. The molecule has 86 valence electrons. The zero-order valence-corrected chi connectivity index (χ0v) is 9.39. The summed E-state index contributed by atoms with van der Waals surface area (Å²) in [5, 5.41) is 10.5. The van der Waals surface area contributed by atoms with Crippen molar-refractivity contribution in [1.82, 2.24) is 0 Å². The fourth-order valence-corrected chi connectivity index (χ4v) is 2.48. The second-order valence-electron chi connectivity index (χ2n) is 4.54. The van der Waals surface area contributed by atoms with Crippen molar-refractivity contribution in [2.24, 2.45) is 0 Å². The number of hydrogen-bond acceptors (Lipinski definition) is 2. The summed E-state index contributed by atoms with van der Waals surface area (Å²) < 4.78 is 0. The van der Waals surface area contributed by atoms with E-state index in [0.717, 1.165) is 0 Å². The zero-order chi connectivity index (χ0) is 11.4. The number of hydrogen-bond donors (Lipinski definition) is 0. The summed E-state index contributed by atoms with van der Waals surface area (Å²) in [6, 6.07) is 7.10. The molecule has 3 nitrogen and oxygen atoms in total. The third-order valence-corrected chi connectivity index (χ3v) is 3.43. The maximum atomic E-state index is 10.5. The van der Waals surface area contributed by atoms with E-state index in [-0.39, 0.29) is 10.6 Å². The van der Waals surface area contributed by atoms with Crippen LogP contribution in [0, 0.1) is 10.1 Å². The van der Waals surface area contributed by atoms with Gasteiger partial charge >= 0.3 is 0 Å². The van der Waals surface area contributed by atoms with Crippen LogP contribution in [-0.4, -0.2) is 4.92 Å². The smallest absolute Gasteiger partial charge is 0.258 e. The van der Waals surface area contributed by atoms with E-state index in [4.69, 9.17) is 0 Å². The van der Waals surface area contributed by atoms with Crippen molar-refractivity contribution in [3.8, 4) is 0 Å². The lowest BCUT2D eigenvalue weighted by atomic mass is 9.92. The van der Waals surface area contributed by atoms with Crippen LogP contribution in [0.4, 0.5) is 5.69 Å². The van der Waals surface area contributed by atoms with E-state index in [1.807, 2.05) is 12.1 Å². The quantitative estimate of drug-likeness (QED) is 0.428. The van der Waals surface area contributed by atoms with Crippen molar-refractivity contribution in [3.05, 3.63) is 39.9 Å². The van der Waals surface area contributed by atoms with Gasteiger partial charge in [0.1, 0.15) is 0 Å². The fraction of sp³-hybridized carbons (Fsp3) is 0.538. The Labute approximate surface area is 95.6 Å². The van der Waals surface area contributed by atoms with Crippen molar-refractivity contribution in [2.75, 3.05) is 0 Å². The van der Waals surface area contributed by atoms with Gasteiger partial charge in [-0.1, -0.05) is 37.8 Å². The van der Waals surface area contributed by atoms with Crippen LogP contribution in [-0.2, 0) is 0 Å². The third-order valence-electron chi connectivity index (χ3n) is 3.43. The van der Waals surface area contributed by atoms with Gasteiger partial charge in [0.15, 0.2) is 0 Å². The molecule has 0 amide bonds. The van der Waals surface area contributed by atoms with E-state index in [0.29, 0.717) is 5.92 Å². The molecule has 0 unspecified atom stereocenters. The highest BCUT2D eigenvalue weighted by Gasteiger charge is 2.15. The molecule has 1 aromatic carbocycles. The summed E-state index contributed by atoms with van der Waals surface area (Å²) >= 11 is 0. The molecule has 0 N–H and O–H groups in total. The predicted octanol–water partition coefficient (Wildman–Crippen LogP) is 4.03. The topological polar surface area (TPSA) is 43.1 Å². The lowest BCUT2D eigenvalue weighted by molar-refractivity contribution is -0.384. The number of rotatable bonds is 2. The number of nitrogens with zero attached hydrogens (tertiary/aromatic N) is 1. The third kappa shape index (κ3) is 2.60. The highest BCUT2D eigenvalue weighted by atomic mass is 16.6. The molecule has 1 aromatic rings. The Morgan fingerprint density at radius 1 is 1.00 bits per heavy atom. The van der Waals surface area contributed by atoms with Crippen LogP contribution in [0.3, 0.4) is 0 Å². The van der Waals surface area contributed by atoms with Crippen LogP contribution in [0.15, 0.2) is 24.3 Å². The first-order valence-electron chi connectivity index (χ1n) is 6.02. The number of nitro groups is 1. The normalized spacial score (nSPS) is 18.0. The van der Waals surface area contributed by atoms with Gasteiger partial charge in [0, 0.05) is 12.1 Å². The first kappa shape index (κ1) is 11.1. The largest absolute Gasteiger partial charge is 0.269 e. The summed E-state index contributed by atoms with van der Waals surface area (Å²) in [7, 11) is 0. The van der Waals surface area contributed by atoms with Crippen LogP contribution in [0.25, 0.3) is 0 Å². The molecule has 0 bridgehead atoms. The van der Waals surface area contributed by atoms with Crippen molar-refractivity contribution in [1.29, 1.82) is 0 Å². The van der Waals surface area contributed by atoms with E-state index in [2.05, 4.69) is 0 Å². The van der Waals surface area contributed by atoms with Gasteiger partial charge in [-0.25, -0.2) is 0 Å². The molecule has 0 heterocycles. The Bertz CT molecular complexity index is 351. The van der Waals surface area contributed by atoms with Gasteiger partial charge < -0.3 is 0 Å². The van der Waals surface area contributed by atoms with E-state index in [1.165, 1.54) is 44.1 Å². The maximum Gasteiger partial charge on any atom is 0.269 e. The summed E-state index contributed by atoms with van der Waals surface area (Å²) in [6.45, 7) is 0. The molecule has 0 saturated heterocycles. The Hall–Kier alpha value is -1.38. The maximum absolute atomic E-state index is 10.5. The molecule has 2 rings (SSSR count). The van der Waals surface area contributed by atoms with Gasteiger partial charge in [0.2, 0.25) is 0 Å². The molecule has 0 aliphatic heterocycles. The molecule has 1 fully saturated rings. The molecule has 3 heteroatoms. The second-order valence-corrected chi connectivity index (χ2v) is 4.54. The first-order chi connectivity index (χ1) is 7.77. The highest BCUT2D eigenvalue weighted by molar-refractivity contribution is 5.34. The van der Waals surface area contributed by atoms with Gasteiger partial charge in [0.05, 0.1) is 4.92 Å². The lowest BCUT2D eigenvalue weighted by Gasteiger charge is -2.13. The van der Waals surface area contributed by atoms with Crippen LogP contribution in [0.1, 0.15) is 50.0 Å². The Balaban J connectivity index is 2.10. The molecular formula is C13H17NO2. The predicted molar refractivity (Wildman–Crippen MR) is 63.5 cm³/mol. The van der Waals surface area contributed by atoms with Crippen molar-refractivity contribution < 1.29 is 4.92 Å². The van der Waals surface area contributed by atoms with E-state index in [1.54, 1.807) is 12.1 Å². The van der Waals surface area contributed by atoms with Crippen LogP contribution in [0.2, 0.25) is 0 Å². The minimum atomic E-state index is -0.336. The Kier molecular flexibility index (Phi) is 3.54. The first-order valence-corrected chi connectivity index (χ1v) is 6.02. The van der Waals surface area contributed by atoms with Gasteiger partial charge in [0.25, 0.3) is 5.69 Å². The summed E-state index contributed by atoms with van der Waals surface area (Å²) in [4.78, 5) is 10.2. The standard InChI is InChI=1S/C13H17NO2/c15-14(16)13-9-7-12(8-10-13)11-5-3-1-2-4-6-11/h7-11H,1-6H2. The second kappa shape index (κ2) is 5.10. The highest BCUT2D eigenvalue weighted by Crippen LogP contribution is 2.32. The molecule has 1 saturated carbocycles. The summed E-state index contributed by atoms with van der Waals surface area (Å²) in [5.41, 5.74) is 1.46. The van der Waals surface area contributed by atoms with Crippen LogP contribution >= 0.6 is 0 Å². The molecule has 0 aromatic heterocycles. The van der Waals surface area contributed by atoms with E-state index < -0.39 is 0 Å². The molecule has 16 heavy (non-hydrogen) atoms. The van der Waals surface area contributed by atoms with E-state index >= 15 is 0 Å². The molecule has 0 radical (unpaired) electrons. The minimum Gasteiger partial charge on any atom is -0.258 e. The summed E-state index contributed by atoms with van der Waals surface area (Å²) in [5.74, 6) is 0.614. The monoisotopic (exact) mass is 219 g/mol. The molecular weight excluding hydrogens is 202 g/mol. The Morgan fingerprint density at radius 3 is 2.06 bits per heavy atom. The molecule has 1 aliphatic carbocycles. The van der Waals surface area contributed by atoms with Gasteiger partial charge in [-0.2, -0.15) is 0 Å². The van der Waals surface area contributed by atoms with E-state index in [9.17, 15) is 10.1 Å². The molecule has 1 aliphatic rings. The molecule has 0 atom stereocenters. The Morgan fingerprint density at radius 2 is 1.56 bits per heavy atom. The molecule has 0 spiro atoms. The van der Waals surface area contributed by atoms with Gasteiger partial charge in [-0.3, -0.25) is 10.1 Å². The van der Waals surface area contributed by atoms with Gasteiger partial charge in [-0.05, 0) is 24.3 Å². The van der Waals surface area contributed by atoms with Gasteiger partial charge in [-0.15, -0.1) is 0 Å². The minimum absolute atomic E-state index is 0.192.